The van der Waals surface area contributed by atoms with Crippen LogP contribution in [0.1, 0.15) is 11.1 Å². The van der Waals surface area contributed by atoms with Crippen LogP contribution in [0.2, 0.25) is 0 Å². The smallest absolute Gasteiger partial charge is 0.237 e. The number of rotatable bonds is 6. The van der Waals surface area contributed by atoms with Crippen LogP contribution in [0.3, 0.4) is 0 Å². The van der Waals surface area contributed by atoms with Gasteiger partial charge in [0.25, 0.3) is 0 Å². The van der Waals surface area contributed by atoms with Crippen LogP contribution in [0, 0.1) is 0 Å². The molecule has 1 heterocycles. The second-order valence-corrected chi connectivity index (χ2v) is 4.72. The molecular weight excluding hydrogens is 266 g/mol. The number of ether oxygens (including phenoxy) is 1. The minimum Gasteiger partial charge on any atom is -0.481 e. The van der Waals surface area contributed by atoms with Crippen molar-refractivity contribution in [3.8, 4) is 5.88 Å². The van der Waals surface area contributed by atoms with E-state index in [0.717, 1.165) is 11.1 Å². The lowest BCUT2D eigenvalue weighted by Crippen LogP contribution is -2.41. The molecule has 0 aliphatic carbocycles. The molecule has 0 aliphatic heterocycles. The third kappa shape index (κ3) is 4.57. The average molecular weight is 285 g/mol. The van der Waals surface area contributed by atoms with Crippen LogP contribution < -0.4 is 15.8 Å². The summed E-state index contributed by atoms with van der Waals surface area (Å²) in [6, 6.07) is 12.8. The Morgan fingerprint density at radius 2 is 2.05 bits per heavy atom. The second-order valence-electron chi connectivity index (χ2n) is 4.72. The van der Waals surface area contributed by atoms with Gasteiger partial charge in [0.2, 0.25) is 11.8 Å². The summed E-state index contributed by atoms with van der Waals surface area (Å²) in [5, 5.41) is 2.82. The molecule has 3 N–H and O–H groups in total. The van der Waals surface area contributed by atoms with E-state index in [1.54, 1.807) is 19.4 Å². The Kier molecular flexibility index (Phi) is 5.29. The highest BCUT2D eigenvalue weighted by atomic mass is 16.5. The van der Waals surface area contributed by atoms with E-state index in [-0.39, 0.29) is 5.91 Å². The fourth-order valence-electron chi connectivity index (χ4n) is 1.95. The fraction of sp³-hybridized carbons (Fsp3) is 0.250. The van der Waals surface area contributed by atoms with Gasteiger partial charge in [-0.1, -0.05) is 30.3 Å². The Morgan fingerprint density at radius 3 is 2.76 bits per heavy atom. The van der Waals surface area contributed by atoms with Gasteiger partial charge in [-0.05, 0) is 23.6 Å². The Labute approximate surface area is 124 Å². The molecule has 1 aromatic carbocycles. The monoisotopic (exact) mass is 285 g/mol. The first-order chi connectivity index (χ1) is 10.2. The van der Waals surface area contributed by atoms with Crippen LogP contribution in [-0.4, -0.2) is 24.0 Å². The summed E-state index contributed by atoms with van der Waals surface area (Å²) in [5.41, 5.74) is 7.89. The van der Waals surface area contributed by atoms with Gasteiger partial charge >= 0.3 is 0 Å². The zero-order valence-electron chi connectivity index (χ0n) is 12.0. The van der Waals surface area contributed by atoms with Gasteiger partial charge < -0.3 is 15.8 Å². The molecule has 110 valence electrons. The molecule has 2 aromatic rings. The zero-order chi connectivity index (χ0) is 15.1. The minimum absolute atomic E-state index is 0.172. The summed E-state index contributed by atoms with van der Waals surface area (Å²) in [6.45, 7) is 0.403. The summed E-state index contributed by atoms with van der Waals surface area (Å²) < 4.78 is 5.04. The van der Waals surface area contributed by atoms with Crippen LogP contribution in [0.4, 0.5) is 0 Å². The largest absolute Gasteiger partial charge is 0.481 e. The molecule has 0 bridgehead atoms. The molecule has 0 unspecified atom stereocenters. The first kappa shape index (κ1) is 15.0. The lowest BCUT2D eigenvalue weighted by atomic mass is 10.1. The molecule has 5 heteroatoms. The maximum absolute atomic E-state index is 12.0. The van der Waals surface area contributed by atoms with Crippen LogP contribution in [0.15, 0.2) is 48.7 Å². The molecule has 0 saturated heterocycles. The third-order valence-corrected chi connectivity index (χ3v) is 3.11. The number of carbonyl (C=O) groups excluding carboxylic acids is 1. The zero-order valence-corrected chi connectivity index (χ0v) is 12.0. The highest BCUT2D eigenvalue weighted by molar-refractivity contribution is 5.81. The van der Waals surface area contributed by atoms with Gasteiger partial charge in [0, 0.05) is 18.8 Å². The second kappa shape index (κ2) is 7.40. The van der Waals surface area contributed by atoms with Gasteiger partial charge in [-0.2, -0.15) is 0 Å². The molecular formula is C16H19N3O2. The first-order valence-corrected chi connectivity index (χ1v) is 6.75. The van der Waals surface area contributed by atoms with Crippen LogP contribution in [-0.2, 0) is 17.8 Å². The molecule has 1 atom stereocenters. The Balaban J connectivity index is 1.86. The van der Waals surface area contributed by atoms with E-state index >= 15 is 0 Å². The fourth-order valence-corrected chi connectivity index (χ4v) is 1.95. The number of nitrogens with one attached hydrogen (secondary N) is 1. The van der Waals surface area contributed by atoms with Crippen molar-refractivity contribution >= 4 is 5.91 Å². The number of pyridine rings is 1. The molecule has 5 nitrogen and oxygen atoms in total. The number of methoxy groups -OCH3 is 1. The van der Waals surface area contributed by atoms with Gasteiger partial charge in [-0.15, -0.1) is 0 Å². The van der Waals surface area contributed by atoms with Crippen molar-refractivity contribution in [1.29, 1.82) is 0 Å². The average Bonchev–Trinajstić information content (AvgIpc) is 2.53. The van der Waals surface area contributed by atoms with Gasteiger partial charge in [-0.25, -0.2) is 4.98 Å². The highest BCUT2D eigenvalue weighted by Gasteiger charge is 2.13. The van der Waals surface area contributed by atoms with Crippen molar-refractivity contribution in [3.63, 3.8) is 0 Å². The van der Waals surface area contributed by atoms with Crippen molar-refractivity contribution in [2.75, 3.05) is 7.11 Å². The predicted molar refractivity (Wildman–Crippen MR) is 80.8 cm³/mol. The lowest BCUT2D eigenvalue weighted by molar-refractivity contribution is -0.122. The molecule has 0 fully saturated rings. The number of carbonyl (C=O) groups is 1. The number of nitrogens with two attached hydrogens (primary N) is 1. The SMILES string of the molecule is COc1cc(CNC(=O)[C@@H](N)Cc2ccccc2)ccn1. The summed E-state index contributed by atoms with van der Waals surface area (Å²) in [6.07, 6.45) is 2.16. The van der Waals surface area contributed by atoms with Crippen molar-refractivity contribution < 1.29 is 9.53 Å². The lowest BCUT2D eigenvalue weighted by Gasteiger charge is -2.12. The molecule has 21 heavy (non-hydrogen) atoms. The topological polar surface area (TPSA) is 77.2 Å². The van der Waals surface area contributed by atoms with Crippen molar-refractivity contribution in [2.45, 2.75) is 19.0 Å². The predicted octanol–water partition coefficient (Wildman–Crippen LogP) is 1.28. The van der Waals surface area contributed by atoms with E-state index in [0.29, 0.717) is 18.8 Å². The Morgan fingerprint density at radius 1 is 1.29 bits per heavy atom. The Bertz CT molecular complexity index is 587. The molecule has 1 amide bonds. The molecule has 2 rings (SSSR count). The summed E-state index contributed by atoms with van der Waals surface area (Å²) in [4.78, 5) is 16.0. The maximum Gasteiger partial charge on any atom is 0.237 e. The van der Waals surface area contributed by atoms with E-state index in [2.05, 4.69) is 10.3 Å². The van der Waals surface area contributed by atoms with Crippen LogP contribution in [0.5, 0.6) is 5.88 Å². The van der Waals surface area contributed by atoms with E-state index in [4.69, 9.17) is 10.5 Å². The third-order valence-electron chi connectivity index (χ3n) is 3.11. The van der Waals surface area contributed by atoms with E-state index in [9.17, 15) is 4.79 Å². The number of hydrogen-bond acceptors (Lipinski definition) is 4. The van der Waals surface area contributed by atoms with Gasteiger partial charge in [0.15, 0.2) is 0 Å². The molecule has 0 aliphatic rings. The normalized spacial score (nSPS) is 11.7. The molecule has 1 aromatic heterocycles. The quantitative estimate of drug-likeness (QED) is 0.838. The summed E-state index contributed by atoms with van der Waals surface area (Å²) in [7, 11) is 1.56. The number of amides is 1. The van der Waals surface area contributed by atoms with E-state index in [1.807, 2.05) is 36.4 Å². The van der Waals surface area contributed by atoms with Crippen molar-refractivity contribution in [3.05, 3.63) is 59.8 Å². The summed E-state index contributed by atoms with van der Waals surface area (Å²) in [5.74, 6) is 0.352. The van der Waals surface area contributed by atoms with E-state index < -0.39 is 6.04 Å². The molecule has 0 spiro atoms. The molecule has 0 radical (unpaired) electrons. The Hall–Kier alpha value is -2.40. The van der Waals surface area contributed by atoms with E-state index in [1.165, 1.54) is 0 Å². The van der Waals surface area contributed by atoms with Crippen LogP contribution >= 0.6 is 0 Å². The molecule has 0 saturated carbocycles. The number of aromatic nitrogens is 1. The maximum atomic E-state index is 12.0. The highest BCUT2D eigenvalue weighted by Crippen LogP contribution is 2.08. The number of nitrogens with zero attached hydrogens (tertiary/aromatic N) is 1. The standard InChI is InChI=1S/C16H19N3O2/c1-21-15-10-13(7-8-18-15)11-19-16(20)14(17)9-12-5-3-2-4-6-12/h2-8,10,14H,9,11,17H2,1H3,(H,19,20)/t14-/m0/s1. The van der Waals surface area contributed by atoms with Crippen molar-refractivity contribution in [2.24, 2.45) is 5.73 Å². The van der Waals surface area contributed by atoms with Gasteiger partial charge in [0.05, 0.1) is 13.2 Å². The van der Waals surface area contributed by atoms with Crippen LogP contribution in [0.25, 0.3) is 0 Å². The van der Waals surface area contributed by atoms with Gasteiger partial charge in [0.1, 0.15) is 0 Å². The minimum atomic E-state index is -0.559. The number of benzene rings is 1. The summed E-state index contributed by atoms with van der Waals surface area (Å²) >= 11 is 0. The van der Waals surface area contributed by atoms with Crippen molar-refractivity contribution in [1.82, 2.24) is 10.3 Å². The number of hydrogen-bond donors (Lipinski definition) is 2. The first-order valence-electron chi connectivity index (χ1n) is 6.75. The van der Waals surface area contributed by atoms with Gasteiger partial charge in [-0.3, -0.25) is 4.79 Å².